The number of halogens is 4. The van der Waals surface area contributed by atoms with Crippen LogP contribution < -0.4 is 10.2 Å². The van der Waals surface area contributed by atoms with E-state index in [1.807, 2.05) is 32.4 Å². The number of H-pyrrole nitrogens is 2. The lowest BCUT2D eigenvalue weighted by Crippen LogP contribution is -2.31. The van der Waals surface area contributed by atoms with Gasteiger partial charge >= 0.3 is 0 Å². The number of hydrogen-bond donors (Lipinski definition) is 3. The number of hydrogen-bond acceptors (Lipinski definition) is 6. The minimum atomic E-state index is -1.03. The molecule has 3 N–H and O–H groups in total. The Kier molecular flexibility index (Phi) is 17.5. The van der Waals surface area contributed by atoms with E-state index in [-0.39, 0.29) is 30.1 Å². The molecule has 0 amide bonds. The van der Waals surface area contributed by atoms with Crippen LogP contribution in [0.5, 0.6) is 0 Å². The number of aryl methyl sites for hydroxylation is 6. The fraction of sp³-hybridized carbons (Fsp3) is 0.333. The average molecular weight is 1100 g/mol. The molecule has 10 nitrogen and oxygen atoms in total. The van der Waals surface area contributed by atoms with Gasteiger partial charge in [-0.25, -0.2) is 28.1 Å². The summed E-state index contributed by atoms with van der Waals surface area (Å²) in [5.74, 6) is -1.34. The summed E-state index contributed by atoms with van der Waals surface area (Å²) >= 11 is 0. The number of rotatable bonds is 11. The molecule has 0 saturated heterocycles. The van der Waals surface area contributed by atoms with Crippen molar-refractivity contribution >= 4 is 40.0 Å². The number of pyridine rings is 2. The van der Waals surface area contributed by atoms with Crippen LogP contribution in [0.3, 0.4) is 0 Å². The lowest BCUT2D eigenvalue weighted by atomic mass is 9.96. The van der Waals surface area contributed by atoms with Gasteiger partial charge in [-0.3, -0.25) is 0 Å². The van der Waals surface area contributed by atoms with E-state index < -0.39 is 11.8 Å². The van der Waals surface area contributed by atoms with Crippen molar-refractivity contribution in [2.45, 2.75) is 133 Å². The lowest BCUT2D eigenvalue weighted by Gasteiger charge is -2.28. The molecule has 10 aromatic rings. The van der Waals surface area contributed by atoms with Gasteiger partial charge in [-0.05, 0) is 120 Å². The molecule has 0 aliphatic carbocycles. The maximum Gasteiger partial charge on any atom is 0.248 e. The Hall–Kier alpha value is -7.48. The lowest BCUT2D eigenvalue weighted by molar-refractivity contribution is 0.476. The second-order valence-electron chi connectivity index (χ2n) is 21.6. The van der Waals surface area contributed by atoms with E-state index in [0.717, 1.165) is 85.2 Å². The molecule has 4 aromatic carbocycles. The van der Waals surface area contributed by atoms with E-state index >= 15 is 4.39 Å². The average Bonchev–Trinajstić information content (AvgIpc) is 4.31. The van der Waals surface area contributed by atoms with E-state index in [1.54, 1.807) is 6.07 Å². The molecule has 2 aliphatic rings. The van der Waals surface area contributed by atoms with Crippen LogP contribution in [0.4, 0.5) is 19.0 Å². The smallest absolute Gasteiger partial charge is 0.248 e. The molecular formula is C66H74ClF3N10. The summed E-state index contributed by atoms with van der Waals surface area (Å²) in [7, 11) is 0. The summed E-state index contributed by atoms with van der Waals surface area (Å²) in [6, 6.07) is 29.3. The quantitative estimate of drug-likeness (QED) is 0.111. The molecule has 416 valence electrons. The number of aromatic amines is 2. The summed E-state index contributed by atoms with van der Waals surface area (Å²) in [5, 5.41) is 16.5. The Labute approximate surface area is 474 Å². The Morgan fingerprint density at radius 3 is 1.52 bits per heavy atom. The first-order chi connectivity index (χ1) is 38.2. The largest absolute Gasteiger partial charge is 0.361 e. The predicted octanol–water partition coefficient (Wildman–Crippen LogP) is 15.7. The molecule has 6 aromatic heterocycles. The molecule has 0 radical (unpaired) electrons. The second-order valence-corrected chi connectivity index (χ2v) is 21.6. The number of para-hydroxylation sites is 2. The first kappa shape index (κ1) is 57.2. The van der Waals surface area contributed by atoms with Crippen LogP contribution in [-0.2, 0) is 51.6 Å². The highest BCUT2D eigenvalue weighted by molar-refractivity contribution is 5.98. The van der Waals surface area contributed by atoms with Crippen molar-refractivity contribution in [1.29, 1.82) is 0 Å². The predicted molar refractivity (Wildman–Crippen MR) is 323 cm³/mol. The summed E-state index contributed by atoms with van der Waals surface area (Å²) in [5.41, 5.74) is 23.7. The third-order valence-electron chi connectivity index (χ3n) is 16.0. The molecule has 0 unspecified atom stereocenters. The Morgan fingerprint density at radius 2 is 1.05 bits per heavy atom. The molecule has 0 atom stereocenters. The van der Waals surface area contributed by atoms with Gasteiger partial charge in [0.1, 0.15) is 0 Å². The van der Waals surface area contributed by atoms with Gasteiger partial charge in [0.05, 0.1) is 34.2 Å². The molecule has 0 spiro atoms. The third kappa shape index (κ3) is 10.9. The van der Waals surface area contributed by atoms with Gasteiger partial charge in [-0.2, -0.15) is 14.6 Å². The maximum absolute atomic E-state index is 15.3. The van der Waals surface area contributed by atoms with Crippen molar-refractivity contribution in [2.24, 2.45) is 0 Å². The highest BCUT2D eigenvalue weighted by Crippen LogP contribution is 2.41. The Morgan fingerprint density at radius 1 is 0.575 bits per heavy atom. The van der Waals surface area contributed by atoms with Crippen molar-refractivity contribution < 1.29 is 13.2 Å². The van der Waals surface area contributed by atoms with E-state index in [4.69, 9.17) is 10.2 Å². The number of benzene rings is 4. The van der Waals surface area contributed by atoms with E-state index in [0.29, 0.717) is 24.5 Å². The van der Waals surface area contributed by atoms with Crippen LogP contribution in [0.15, 0.2) is 110 Å². The topological polar surface area (TPSA) is 108 Å². The zero-order valence-corrected chi connectivity index (χ0v) is 48.6. The molecule has 0 saturated carbocycles. The van der Waals surface area contributed by atoms with Crippen LogP contribution in [0.25, 0.3) is 55.7 Å². The number of aromatic nitrogens is 8. The first-order valence-electron chi connectivity index (χ1n) is 28.2. The van der Waals surface area contributed by atoms with Crippen molar-refractivity contribution in [2.75, 3.05) is 18.0 Å². The van der Waals surface area contributed by atoms with Crippen molar-refractivity contribution in [3.63, 3.8) is 0 Å². The minimum Gasteiger partial charge on any atom is -0.361 e. The summed E-state index contributed by atoms with van der Waals surface area (Å²) in [6.45, 7) is 24.2. The molecule has 12 rings (SSSR count). The minimum absolute atomic E-state index is 0. The summed E-state index contributed by atoms with van der Waals surface area (Å²) in [4.78, 5) is 16.8. The van der Waals surface area contributed by atoms with Gasteiger partial charge < -0.3 is 20.2 Å². The van der Waals surface area contributed by atoms with Crippen LogP contribution in [0.2, 0.25) is 0 Å². The highest BCUT2D eigenvalue weighted by atomic mass is 35.5. The van der Waals surface area contributed by atoms with E-state index in [9.17, 15) is 8.78 Å². The zero-order chi connectivity index (χ0) is 55.6. The van der Waals surface area contributed by atoms with Crippen molar-refractivity contribution in [3.8, 4) is 33.9 Å². The normalized spacial score (nSPS) is 13.0. The number of nitrogens with one attached hydrogen (secondary N) is 3. The van der Waals surface area contributed by atoms with Gasteiger partial charge in [0, 0.05) is 108 Å². The second kappa shape index (κ2) is 24.5. The Bertz CT molecular complexity index is 3780. The first-order valence-corrected chi connectivity index (χ1v) is 28.2. The van der Waals surface area contributed by atoms with Crippen molar-refractivity contribution in [3.05, 3.63) is 194 Å². The molecule has 0 fully saturated rings. The van der Waals surface area contributed by atoms with Crippen LogP contribution in [-0.4, -0.2) is 52.6 Å². The van der Waals surface area contributed by atoms with Gasteiger partial charge in [0.2, 0.25) is 5.95 Å². The number of fused-ring (bicyclic) bond motifs is 4. The highest BCUT2D eigenvalue weighted by Gasteiger charge is 2.31. The van der Waals surface area contributed by atoms with Crippen LogP contribution >= 0.6 is 12.4 Å². The van der Waals surface area contributed by atoms with E-state index in [2.05, 4.69) is 168 Å². The van der Waals surface area contributed by atoms with Gasteiger partial charge in [-0.1, -0.05) is 116 Å². The molecule has 14 heteroatoms. The number of anilines is 1. The summed E-state index contributed by atoms with van der Waals surface area (Å²) < 4.78 is 44.6. The van der Waals surface area contributed by atoms with Crippen LogP contribution in [0.1, 0.15) is 134 Å². The third-order valence-corrected chi connectivity index (χ3v) is 16.0. The Balaban J connectivity index is 0.000000165. The van der Waals surface area contributed by atoms with E-state index in [1.165, 1.54) is 95.8 Å². The molecule has 80 heavy (non-hydrogen) atoms. The molecule has 8 heterocycles. The maximum atomic E-state index is 15.3. The van der Waals surface area contributed by atoms with Gasteiger partial charge in [0.25, 0.3) is 0 Å². The number of nitrogens with zero attached hydrogens (tertiary/aromatic N) is 7. The molecule has 2 aliphatic heterocycles. The zero-order valence-electron chi connectivity index (χ0n) is 47.8. The summed E-state index contributed by atoms with van der Waals surface area (Å²) in [6.07, 6.45) is 12.8. The van der Waals surface area contributed by atoms with Crippen molar-refractivity contribution in [1.82, 2.24) is 44.8 Å². The van der Waals surface area contributed by atoms with Crippen LogP contribution in [0, 0.1) is 31.4 Å². The molecular weight excluding hydrogens is 1030 g/mol. The SMILES string of the molecule is CC(C)c1cnc(F)c(F)c1.CCc1cccc(CC)c1-n1nc2c(c1-c1ccc(C)c3[nH]ccc13)CN(c1ncc(C(C)C)cc1F)CC2.CCc1cccc(CC)c1-n1nc2c(c1-c1ccc(C)c3[nH]ccc13)CNCC2.Cl. The van der Waals surface area contributed by atoms with Gasteiger partial charge in [0.15, 0.2) is 17.5 Å². The fourth-order valence-electron chi connectivity index (χ4n) is 11.5. The monoisotopic (exact) mass is 1100 g/mol. The standard InChI is InChI=1S/C33H36FN5.C25H28N4.C8H9F2N.ClH/c1-6-22-9-8-10-23(7-2)31(22)39-32(26-12-11-21(5)30-25(26)13-15-35-30)27-19-38(16-14-29(27)37-39)33-28(34)17-24(18-36-33)20(3)4;1-4-17-7-6-8-18(5-2)24(17)29-25(21-15-26-13-12-22(21)28-29)20-10-9-16(3)23-19(20)11-14-27-23;1-5(2)6-3-7(9)8(10)11-4-6;/h8-13,15,17-18,20,35H,6-7,14,16,19H2,1-5H3;6-11,14,26-27H,4-5,12-13,15H2,1-3H3;3-5H,1-2H3;1H. The molecule has 0 bridgehead atoms. The van der Waals surface area contributed by atoms with Gasteiger partial charge in [-0.15, -0.1) is 12.4 Å². The fourth-order valence-corrected chi connectivity index (χ4v) is 11.5.